The van der Waals surface area contributed by atoms with Crippen LogP contribution >= 0.6 is 0 Å². The summed E-state index contributed by atoms with van der Waals surface area (Å²) in [4.78, 5) is 9.02. The molecule has 5 rings (SSSR count). The van der Waals surface area contributed by atoms with Crippen LogP contribution in [0, 0.1) is 19.8 Å². The Morgan fingerprint density at radius 1 is 0.958 bits per heavy atom. The van der Waals surface area contributed by atoms with Crippen molar-refractivity contribution in [3.8, 4) is 0 Å². The molecule has 2 fully saturated rings. The van der Waals surface area contributed by atoms with Crippen LogP contribution < -0.4 is 10.2 Å². The van der Waals surface area contributed by atoms with Gasteiger partial charge in [-0.15, -0.1) is 0 Å². The zero-order valence-electron chi connectivity index (χ0n) is 28.3. The minimum atomic E-state index is -4.44. The molecule has 1 aliphatic carbocycles. The Labute approximate surface area is 281 Å². The molecular formula is C39H47F5N4. The Hall–Kier alpha value is -3.88. The third kappa shape index (κ3) is 8.97. The number of nitrogens with one attached hydrogen (secondary N) is 1. The van der Waals surface area contributed by atoms with Crippen LogP contribution in [0.15, 0.2) is 83.6 Å². The Balaban J connectivity index is 1.32. The number of aliphatic imine (C=N–C) groups is 1. The molecule has 1 heterocycles. The highest BCUT2D eigenvalue weighted by molar-refractivity contribution is 6.14. The van der Waals surface area contributed by atoms with E-state index in [0.29, 0.717) is 30.3 Å². The molecule has 0 bridgehead atoms. The summed E-state index contributed by atoms with van der Waals surface area (Å²) >= 11 is 0. The highest BCUT2D eigenvalue weighted by Crippen LogP contribution is 2.36. The van der Waals surface area contributed by atoms with Crippen molar-refractivity contribution in [1.29, 1.82) is 0 Å². The first kappa shape index (κ1) is 35.4. The fraction of sp³-hybridized carbons (Fsp3) is 0.462. The second-order valence-corrected chi connectivity index (χ2v) is 13.2. The summed E-state index contributed by atoms with van der Waals surface area (Å²) in [5.74, 6) is 1.44. The van der Waals surface area contributed by atoms with E-state index in [1.807, 2.05) is 69.3 Å². The highest BCUT2D eigenvalue weighted by atomic mass is 19.4. The molecule has 1 saturated carbocycles. The number of hydrogen-bond donors (Lipinski definition) is 1. The third-order valence-corrected chi connectivity index (χ3v) is 9.48. The number of para-hydroxylation sites is 1. The molecule has 1 atom stereocenters. The van der Waals surface area contributed by atoms with Crippen LogP contribution in [-0.4, -0.2) is 48.8 Å². The van der Waals surface area contributed by atoms with Gasteiger partial charge in [-0.25, -0.2) is 8.78 Å². The monoisotopic (exact) mass is 666 g/mol. The predicted octanol–water partition coefficient (Wildman–Crippen LogP) is 10.2. The molecule has 48 heavy (non-hydrogen) atoms. The number of hydrogen-bond acceptors (Lipinski definition) is 4. The molecule has 1 N–H and O–H groups in total. The molecule has 0 radical (unpaired) electrons. The van der Waals surface area contributed by atoms with Crippen LogP contribution in [0.1, 0.15) is 80.2 Å². The van der Waals surface area contributed by atoms with Gasteiger partial charge < -0.3 is 15.1 Å². The summed E-state index contributed by atoms with van der Waals surface area (Å²) in [6.07, 6.45) is 0.825. The van der Waals surface area contributed by atoms with Crippen LogP contribution in [0.2, 0.25) is 0 Å². The summed E-state index contributed by atoms with van der Waals surface area (Å²) in [7, 11) is 0. The molecule has 3 aromatic carbocycles. The van der Waals surface area contributed by atoms with Crippen LogP contribution in [0.3, 0.4) is 0 Å². The minimum absolute atomic E-state index is 0.0499. The molecule has 4 nitrogen and oxygen atoms in total. The Bertz CT molecular complexity index is 1590. The highest BCUT2D eigenvalue weighted by Gasteiger charge is 2.32. The summed E-state index contributed by atoms with van der Waals surface area (Å²) in [5.41, 5.74) is 4.84. The summed E-state index contributed by atoms with van der Waals surface area (Å²) in [6, 6.07) is 19.4. The first-order valence-corrected chi connectivity index (χ1v) is 17.1. The number of halogens is 5. The van der Waals surface area contributed by atoms with Crippen molar-refractivity contribution in [2.45, 2.75) is 90.9 Å². The van der Waals surface area contributed by atoms with E-state index in [4.69, 9.17) is 4.99 Å². The normalized spacial score (nSPS) is 17.2. The lowest BCUT2D eigenvalue weighted by Crippen LogP contribution is -2.44. The van der Waals surface area contributed by atoms with Gasteiger partial charge in [-0.2, -0.15) is 13.2 Å². The maximum Gasteiger partial charge on any atom is 0.416 e. The number of allylic oxidation sites excluding steroid dienone is 1. The van der Waals surface area contributed by atoms with E-state index in [0.717, 1.165) is 65.6 Å². The molecule has 0 spiro atoms. The lowest BCUT2D eigenvalue weighted by Gasteiger charge is -2.40. The number of benzene rings is 3. The SMILES string of the molecule is CC=C(N1CCC(Nc2ccc(C(=NC(CC)CC3CC3)c3cccc(C(F)(F)F)c3)c(C)c2)CC1)N(CC(F)F)c1ccccc1C. The van der Waals surface area contributed by atoms with E-state index in [-0.39, 0.29) is 18.6 Å². The maximum atomic E-state index is 13.7. The molecule has 1 saturated heterocycles. The lowest BCUT2D eigenvalue weighted by molar-refractivity contribution is -0.137. The van der Waals surface area contributed by atoms with Gasteiger partial charge in [0.1, 0.15) is 5.82 Å². The molecule has 9 heteroatoms. The van der Waals surface area contributed by atoms with Crippen LogP contribution in [0.25, 0.3) is 0 Å². The third-order valence-electron chi connectivity index (χ3n) is 9.48. The Morgan fingerprint density at radius 3 is 2.29 bits per heavy atom. The van der Waals surface area contributed by atoms with Crippen molar-refractivity contribution < 1.29 is 22.0 Å². The van der Waals surface area contributed by atoms with Gasteiger partial charge >= 0.3 is 6.18 Å². The average Bonchev–Trinajstić information content (AvgIpc) is 3.88. The molecule has 1 aliphatic heterocycles. The molecule has 0 aromatic heterocycles. The van der Waals surface area contributed by atoms with Gasteiger partial charge in [0.25, 0.3) is 6.43 Å². The van der Waals surface area contributed by atoms with E-state index in [1.165, 1.54) is 25.0 Å². The fourth-order valence-corrected chi connectivity index (χ4v) is 6.71. The number of likely N-dealkylation sites (tertiary alicyclic amines) is 1. The van der Waals surface area contributed by atoms with Crippen molar-refractivity contribution in [3.05, 3.63) is 106 Å². The van der Waals surface area contributed by atoms with Gasteiger partial charge in [-0.3, -0.25) is 4.99 Å². The lowest BCUT2D eigenvalue weighted by atomic mass is 9.95. The predicted molar refractivity (Wildman–Crippen MR) is 186 cm³/mol. The largest absolute Gasteiger partial charge is 0.416 e. The van der Waals surface area contributed by atoms with Gasteiger partial charge in [-0.05, 0) is 99.9 Å². The van der Waals surface area contributed by atoms with Gasteiger partial charge in [0.05, 0.1) is 23.9 Å². The first-order chi connectivity index (χ1) is 23.0. The minimum Gasteiger partial charge on any atom is -0.382 e. The van der Waals surface area contributed by atoms with E-state index in [2.05, 4.69) is 17.1 Å². The van der Waals surface area contributed by atoms with Gasteiger partial charge in [0, 0.05) is 41.6 Å². The van der Waals surface area contributed by atoms with Crippen molar-refractivity contribution >= 4 is 17.1 Å². The number of nitrogens with zero attached hydrogens (tertiary/aromatic N) is 3. The summed E-state index contributed by atoms with van der Waals surface area (Å²) in [5, 5.41) is 3.65. The van der Waals surface area contributed by atoms with E-state index in [9.17, 15) is 22.0 Å². The molecule has 258 valence electrons. The molecule has 0 amide bonds. The van der Waals surface area contributed by atoms with Crippen molar-refractivity contribution in [3.63, 3.8) is 0 Å². The quantitative estimate of drug-likeness (QED) is 0.146. The van der Waals surface area contributed by atoms with Crippen molar-refractivity contribution in [1.82, 2.24) is 4.90 Å². The topological polar surface area (TPSA) is 30.9 Å². The number of rotatable bonds is 13. The van der Waals surface area contributed by atoms with E-state index >= 15 is 0 Å². The molecular weight excluding hydrogens is 619 g/mol. The van der Waals surface area contributed by atoms with Gasteiger partial charge in [-0.1, -0.05) is 56.2 Å². The van der Waals surface area contributed by atoms with E-state index in [1.54, 1.807) is 11.0 Å². The summed E-state index contributed by atoms with van der Waals surface area (Å²) < 4.78 is 68.5. The zero-order chi connectivity index (χ0) is 34.4. The maximum absolute atomic E-state index is 13.7. The van der Waals surface area contributed by atoms with Gasteiger partial charge in [0.2, 0.25) is 0 Å². The number of piperidine rings is 1. The standard InChI is InChI=1S/C39H47F5N4/c1-5-31(23-28-14-15-28)46-38(29-11-9-12-30(24-29)39(42,43)44)34-17-16-33(22-27(34)4)45-32-18-20-47(21-19-32)37(6-2)48(25-36(40)41)35-13-8-7-10-26(35)3/h6-13,16-17,22,24,28,31-32,36,45H,5,14-15,18-21,23,25H2,1-4H3. The van der Waals surface area contributed by atoms with Crippen LogP contribution in [0.4, 0.5) is 33.3 Å². The molecule has 3 aromatic rings. The second kappa shape index (κ2) is 15.6. The Kier molecular flexibility index (Phi) is 11.5. The zero-order valence-corrected chi connectivity index (χ0v) is 28.3. The number of alkyl halides is 5. The van der Waals surface area contributed by atoms with Crippen LogP contribution in [-0.2, 0) is 6.18 Å². The molecule has 2 aliphatic rings. The second-order valence-electron chi connectivity index (χ2n) is 13.2. The molecule has 1 unspecified atom stereocenters. The number of aryl methyl sites for hydroxylation is 2. The van der Waals surface area contributed by atoms with Crippen LogP contribution in [0.5, 0.6) is 0 Å². The summed E-state index contributed by atoms with van der Waals surface area (Å²) in [6.45, 7) is 8.96. The first-order valence-electron chi connectivity index (χ1n) is 17.1. The Morgan fingerprint density at radius 2 is 1.69 bits per heavy atom. The smallest absolute Gasteiger partial charge is 0.382 e. The van der Waals surface area contributed by atoms with Crippen molar-refractivity contribution in [2.24, 2.45) is 10.9 Å². The van der Waals surface area contributed by atoms with E-state index < -0.39 is 18.2 Å². The average molecular weight is 667 g/mol. The number of anilines is 2. The fourth-order valence-electron chi connectivity index (χ4n) is 6.71. The van der Waals surface area contributed by atoms with Gasteiger partial charge in [0.15, 0.2) is 0 Å². The van der Waals surface area contributed by atoms with Crippen molar-refractivity contribution in [2.75, 3.05) is 29.9 Å².